The third-order valence-corrected chi connectivity index (χ3v) is 4.01. The molecule has 1 aromatic carbocycles. The number of aliphatic carboxylic acids is 1. The number of carboxylic acid groups (broad SMARTS) is 1. The van der Waals surface area contributed by atoms with Crippen molar-refractivity contribution in [1.82, 2.24) is 4.90 Å². The smallest absolute Gasteiger partial charge is 0.475 e. The Labute approximate surface area is 148 Å². The van der Waals surface area contributed by atoms with E-state index in [0.717, 1.165) is 24.8 Å². The van der Waals surface area contributed by atoms with Gasteiger partial charge < -0.3 is 15.7 Å². The quantitative estimate of drug-likeness (QED) is 0.775. The first-order chi connectivity index (χ1) is 11.9. The fraction of sp³-hybridized carbons (Fsp3) is 0.529. The molecular weight excluding hydrogens is 356 g/mol. The molecule has 5 nitrogen and oxygen atoms in total. The highest BCUT2D eigenvalue weighted by Gasteiger charge is 2.38. The Balaban J connectivity index is 0.000000412. The van der Waals surface area contributed by atoms with E-state index in [9.17, 15) is 22.4 Å². The maximum Gasteiger partial charge on any atom is 0.490 e. The lowest BCUT2D eigenvalue weighted by Crippen LogP contribution is -2.51. The Bertz CT molecular complexity index is 647. The molecule has 1 aliphatic rings. The Morgan fingerprint density at radius 2 is 1.88 bits per heavy atom. The number of nitrogens with two attached hydrogens (primary N) is 1. The van der Waals surface area contributed by atoms with Gasteiger partial charge in [-0.2, -0.15) is 13.2 Å². The number of piperidine rings is 1. The largest absolute Gasteiger partial charge is 0.490 e. The van der Waals surface area contributed by atoms with Crippen LogP contribution in [0.1, 0.15) is 42.1 Å². The number of benzene rings is 1. The van der Waals surface area contributed by atoms with Crippen LogP contribution < -0.4 is 5.73 Å². The standard InChI is InChI=1S/C15H21FN2O.C2HF3O2/c1-10-6-7-12(13(16)9-10)15(19)18-8-4-3-5-14(18)11(2)17;3-2(4,5)1(6)7/h6-7,9,11,14H,3-5,8,17H2,1-2H3;(H,6,7). The molecule has 3 N–H and O–H groups in total. The topological polar surface area (TPSA) is 83.6 Å². The number of carbonyl (C=O) groups excluding carboxylic acids is 1. The Morgan fingerprint density at radius 1 is 1.31 bits per heavy atom. The van der Waals surface area contributed by atoms with Gasteiger partial charge in [0.05, 0.1) is 5.56 Å². The summed E-state index contributed by atoms with van der Waals surface area (Å²) in [7, 11) is 0. The molecule has 2 rings (SSSR count). The zero-order valence-corrected chi connectivity index (χ0v) is 14.5. The molecule has 2 unspecified atom stereocenters. The van der Waals surface area contributed by atoms with Crippen LogP contribution in [0.2, 0.25) is 0 Å². The first-order valence-electron chi connectivity index (χ1n) is 8.08. The van der Waals surface area contributed by atoms with Crippen molar-refractivity contribution in [3.05, 3.63) is 35.1 Å². The number of carboxylic acids is 1. The number of nitrogens with zero attached hydrogens (tertiary/aromatic N) is 1. The second-order valence-electron chi connectivity index (χ2n) is 6.21. The third-order valence-electron chi connectivity index (χ3n) is 4.01. The molecule has 146 valence electrons. The summed E-state index contributed by atoms with van der Waals surface area (Å²) in [6.07, 6.45) is -2.15. The normalized spacial score (nSPS) is 18.6. The molecule has 26 heavy (non-hydrogen) atoms. The molecule has 2 atom stereocenters. The average molecular weight is 378 g/mol. The minimum atomic E-state index is -5.08. The summed E-state index contributed by atoms with van der Waals surface area (Å²) >= 11 is 0. The Morgan fingerprint density at radius 3 is 2.35 bits per heavy atom. The Hall–Kier alpha value is -2.16. The van der Waals surface area contributed by atoms with Crippen molar-refractivity contribution in [3.8, 4) is 0 Å². The van der Waals surface area contributed by atoms with Gasteiger partial charge in [-0.05, 0) is 50.8 Å². The molecule has 1 fully saturated rings. The molecule has 1 heterocycles. The molecule has 1 amide bonds. The van der Waals surface area contributed by atoms with Crippen molar-refractivity contribution in [3.63, 3.8) is 0 Å². The number of likely N-dealkylation sites (tertiary alicyclic amines) is 1. The number of aryl methyl sites for hydroxylation is 1. The summed E-state index contributed by atoms with van der Waals surface area (Å²) in [5.74, 6) is -3.44. The van der Waals surface area contributed by atoms with Gasteiger partial charge in [-0.15, -0.1) is 0 Å². The van der Waals surface area contributed by atoms with Crippen LogP contribution >= 0.6 is 0 Å². The maximum atomic E-state index is 13.9. The lowest BCUT2D eigenvalue weighted by Gasteiger charge is -2.38. The molecule has 0 aliphatic carbocycles. The number of alkyl halides is 3. The van der Waals surface area contributed by atoms with Crippen LogP contribution in [0.25, 0.3) is 0 Å². The second-order valence-corrected chi connectivity index (χ2v) is 6.21. The number of rotatable bonds is 2. The highest BCUT2D eigenvalue weighted by molar-refractivity contribution is 5.94. The third kappa shape index (κ3) is 5.98. The van der Waals surface area contributed by atoms with Crippen LogP contribution in [0.15, 0.2) is 18.2 Å². The van der Waals surface area contributed by atoms with E-state index in [1.807, 2.05) is 13.8 Å². The van der Waals surface area contributed by atoms with Gasteiger partial charge in [-0.25, -0.2) is 9.18 Å². The minimum Gasteiger partial charge on any atom is -0.475 e. The van der Waals surface area contributed by atoms with Crippen molar-refractivity contribution in [2.45, 2.75) is 51.4 Å². The molecule has 0 bridgehead atoms. The van der Waals surface area contributed by atoms with Crippen LogP contribution in [-0.4, -0.2) is 46.7 Å². The predicted molar refractivity (Wildman–Crippen MR) is 87.2 cm³/mol. The molecule has 1 aromatic rings. The first kappa shape index (κ1) is 21.9. The molecule has 0 saturated carbocycles. The minimum absolute atomic E-state index is 0.0157. The number of amides is 1. The highest BCUT2D eigenvalue weighted by atomic mass is 19.4. The number of carbonyl (C=O) groups is 2. The summed E-state index contributed by atoms with van der Waals surface area (Å²) < 4.78 is 45.6. The van der Waals surface area contributed by atoms with E-state index in [2.05, 4.69) is 0 Å². The molecule has 9 heteroatoms. The SMILES string of the molecule is Cc1ccc(C(=O)N2CCCCC2C(C)N)c(F)c1.O=C(O)C(F)(F)F. The first-order valence-corrected chi connectivity index (χ1v) is 8.08. The van der Waals surface area contributed by atoms with Gasteiger partial charge in [-0.3, -0.25) is 4.79 Å². The summed E-state index contributed by atoms with van der Waals surface area (Å²) in [4.78, 5) is 23.1. The van der Waals surface area contributed by atoms with Crippen LogP contribution in [0.5, 0.6) is 0 Å². The molecule has 0 aromatic heterocycles. The van der Waals surface area contributed by atoms with E-state index >= 15 is 0 Å². The van der Waals surface area contributed by atoms with Crippen molar-refractivity contribution >= 4 is 11.9 Å². The van der Waals surface area contributed by atoms with Crippen LogP contribution in [0.3, 0.4) is 0 Å². The second kappa shape index (κ2) is 8.98. The summed E-state index contributed by atoms with van der Waals surface area (Å²) in [6, 6.07) is 4.67. The van der Waals surface area contributed by atoms with E-state index in [1.165, 1.54) is 6.07 Å². The lowest BCUT2D eigenvalue weighted by molar-refractivity contribution is -0.192. The van der Waals surface area contributed by atoms with Crippen molar-refractivity contribution in [2.75, 3.05) is 6.54 Å². The highest BCUT2D eigenvalue weighted by Crippen LogP contribution is 2.22. The van der Waals surface area contributed by atoms with Crippen molar-refractivity contribution < 1.29 is 32.3 Å². The van der Waals surface area contributed by atoms with Crippen molar-refractivity contribution in [1.29, 1.82) is 0 Å². The van der Waals surface area contributed by atoms with Crippen LogP contribution in [-0.2, 0) is 4.79 Å². The number of halogens is 4. The zero-order valence-electron chi connectivity index (χ0n) is 14.5. The fourth-order valence-electron chi connectivity index (χ4n) is 2.70. The van der Waals surface area contributed by atoms with E-state index in [1.54, 1.807) is 17.0 Å². The molecule has 0 radical (unpaired) electrons. The van der Waals surface area contributed by atoms with E-state index in [4.69, 9.17) is 15.6 Å². The zero-order chi connectivity index (χ0) is 20.1. The summed E-state index contributed by atoms with van der Waals surface area (Å²) in [5.41, 5.74) is 6.92. The Kier molecular flexibility index (Phi) is 7.55. The van der Waals surface area contributed by atoms with Gasteiger partial charge in [0.25, 0.3) is 5.91 Å². The maximum absolute atomic E-state index is 13.9. The molecular formula is C17H22F4N2O3. The van der Waals surface area contributed by atoms with Gasteiger partial charge in [0.2, 0.25) is 0 Å². The fourth-order valence-corrected chi connectivity index (χ4v) is 2.70. The lowest BCUT2D eigenvalue weighted by atomic mass is 9.96. The molecule has 0 spiro atoms. The van der Waals surface area contributed by atoms with E-state index in [0.29, 0.717) is 6.54 Å². The van der Waals surface area contributed by atoms with Crippen LogP contribution in [0.4, 0.5) is 17.6 Å². The monoisotopic (exact) mass is 378 g/mol. The summed E-state index contributed by atoms with van der Waals surface area (Å²) in [5, 5.41) is 7.12. The summed E-state index contributed by atoms with van der Waals surface area (Å²) in [6.45, 7) is 4.38. The van der Waals surface area contributed by atoms with Crippen molar-refractivity contribution in [2.24, 2.45) is 5.73 Å². The van der Waals surface area contributed by atoms with Crippen LogP contribution in [0, 0.1) is 12.7 Å². The predicted octanol–water partition coefficient (Wildman–Crippen LogP) is 3.11. The van der Waals surface area contributed by atoms with E-state index < -0.39 is 18.0 Å². The van der Waals surface area contributed by atoms with Gasteiger partial charge in [0, 0.05) is 18.6 Å². The van der Waals surface area contributed by atoms with Gasteiger partial charge >= 0.3 is 12.1 Å². The van der Waals surface area contributed by atoms with Gasteiger partial charge in [0.15, 0.2) is 0 Å². The van der Waals surface area contributed by atoms with Gasteiger partial charge in [0.1, 0.15) is 5.82 Å². The average Bonchev–Trinajstić information content (AvgIpc) is 2.54. The van der Waals surface area contributed by atoms with E-state index in [-0.39, 0.29) is 23.6 Å². The molecule has 1 aliphatic heterocycles. The number of hydrogen-bond donors (Lipinski definition) is 2. The van der Waals surface area contributed by atoms with Gasteiger partial charge in [-0.1, -0.05) is 6.07 Å². The number of hydrogen-bond acceptors (Lipinski definition) is 3. The molecule has 1 saturated heterocycles.